The average molecular weight is 484 g/mol. The van der Waals surface area contributed by atoms with Gasteiger partial charge in [-0.3, -0.25) is 29.3 Å². The Kier molecular flexibility index (Phi) is 7.05. The topological polar surface area (TPSA) is 118 Å². The van der Waals surface area contributed by atoms with Crippen LogP contribution in [0, 0.1) is 33.3 Å². The van der Waals surface area contributed by atoms with E-state index >= 15 is 0 Å². The number of carbonyl (C=O) groups is 4. The van der Waals surface area contributed by atoms with Crippen LogP contribution in [-0.4, -0.2) is 70.8 Å². The molecule has 0 radical (unpaired) electrons. The van der Waals surface area contributed by atoms with Crippen molar-refractivity contribution in [3.8, 4) is 0 Å². The van der Waals surface area contributed by atoms with Gasteiger partial charge >= 0.3 is 0 Å². The number of carbonyl (C=O) groups excluding carboxylic acids is 4. The predicted octanol–water partition coefficient (Wildman–Crippen LogP) is 2.85. The first-order chi connectivity index (χ1) is 16.6. The van der Waals surface area contributed by atoms with Crippen molar-refractivity contribution in [3.63, 3.8) is 0 Å². The van der Waals surface area contributed by atoms with Crippen LogP contribution in [0.4, 0.5) is 0 Å². The van der Waals surface area contributed by atoms with E-state index in [-0.39, 0.29) is 58.5 Å². The quantitative estimate of drug-likeness (QED) is 0.349. The number of benzene rings is 1. The molecule has 9 nitrogen and oxygen atoms in total. The van der Waals surface area contributed by atoms with Crippen LogP contribution in [0.15, 0.2) is 24.3 Å². The number of nitrogens with zero attached hydrogens (tertiary/aromatic N) is 3. The minimum absolute atomic E-state index is 0.0296. The second kappa shape index (κ2) is 9.87. The van der Waals surface area contributed by atoms with Crippen LogP contribution in [0.5, 0.6) is 0 Å². The largest absolute Gasteiger partial charge is 0.342 e. The fourth-order valence-corrected chi connectivity index (χ4v) is 6.09. The maximum absolute atomic E-state index is 13.1. The first-order valence-electron chi connectivity index (χ1n) is 12.4. The minimum Gasteiger partial charge on any atom is -0.342 e. The van der Waals surface area contributed by atoms with Crippen molar-refractivity contribution in [2.45, 2.75) is 46.0 Å². The van der Waals surface area contributed by atoms with E-state index in [0.717, 1.165) is 19.3 Å². The van der Waals surface area contributed by atoms with E-state index in [9.17, 15) is 29.3 Å². The van der Waals surface area contributed by atoms with Gasteiger partial charge in [0.2, 0.25) is 12.5 Å². The van der Waals surface area contributed by atoms with Gasteiger partial charge in [-0.15, -0.1) is 0 Å². The van der Waals surface area contributed by atoms with E-state index in [1.54, 1.807) is 24.3 Å². The first-order valence-corrected chi connectivity index (χ1v) is 12.4. The highest BCUT2D eigenvalue weighted by Gasteiger charge is 2.47. The zero-order valence-corrected chi connectivity index (χ0v) is 20.4. The number of Topliss-reactive ketones (excluding diaryl/α,β-unsaturated/α-hetero) is 2. The number of nitro groups is 1. The number of hydrogen-bond donors (Lipinski definition) is 0. The van der Waals surface area contributed by atoms with Gasteiger partial charge in [-0.25, -0.2) is 0 Å². The van der Waals surface area contributed by atoms with Crippen molar-refractivity contribution in [2.24, 2.45) is 23.2 Å². The molecule has 9 heteroatoms. The van der Waals surface area contributed by atoms with E-state index in [2.05, 4.69) is 0 Å². The van der Waals surface area contributed by atoms with Crippen molar-refractivity contribution in [2.75, 3.05) is 32.7 Å². The van der Waals surface area contributed by atoms with Crippen LogP contribution in [0.25, 0.3) is 0 Å². The Hall–Kier alpha value is -3.10. The van der Waals surface area contributed by atoms with Crippen molar-refractivity contribution in [1.82, 2.24) is 9.80 Å². The fraction of sp³-hybridized carbons (Fsp3) is 0.615. The maximum atomic E-state index is 13.1. The summed E-state index contributed by atoms with van der Waals surface area (Å²) in [5.74, 6) is -1.22. The lowest BCUT2D eigenvalue weighted by Gasteiger charge is -2.39. The van der Waals surface area contributed by atoms with Gasteiger partial charge < -0.3 is 9.80 Å². The van der Waals surface area contributed by atoms with Crippen LogP contribution < -0.4 is 0 Å². The summed E-state index contributed by atoms with van der Waals surface area (Å²) in [4.78, 5) is 64.2. The molecule has 35 heavy (non-hydrogen) atoms. The van der Waals surface area contributed by atoms with Crippen LogP contribution in [0.2, 0.25) is 0 Å². The molecular weight excluding hydrogens is 450 g/mol. The van der Waals surface area contributed by atoms with Gasteiger partial charge in [0.05, 0.1) is 0 Å². The smallest absolute Gasteiger partial charge is 0.253 e. The van der Waals surface area contributed by atoms with Gasteiger partial charge in [0, 0.05) is 66.9 Å². The molecule has 0 aromatic heterocycles. The molecule has 1 saturated carbocycles. The highest BCUT2D eigenvalue weighted by molar-refractivity contribution is 5.97. The van der Waals surface area contributed by atoms with Crippen molar-refractivity contribution >= 4 is 23.4 Å². The number of hydrogen-bond acceptors (Lipinski definition) is 6. The summed E-state index contributed by atoms with van der Waals surface area (Å²) < 4.78 is 0. The molecule has 3 atom stereocenters. The summed E-state index contributed by atoms with van der Waals surface area (Å²) >= 11 is 0. The summed E-state index contributed by atoms with van der Waals surface area (Å²) in [5, 5.41) is 11.1. The highest BCUT2D eigenvalue weighted by atomic mass is 16.6. The summed E-state index contributed by atoms with van der Waals surface area (Å²) in [6.45, 7) is 5.53. The maximum Gasteiger partial charge on any atom is 0.253 e. The third-order valence-electron chi connectivity index (χ3n) is 8.38. The second-order valence-electron chi connectivity index (χ2n) is 10.6. The van der Waals surface area contributed by atoms with Crippen LogP contribution in [0.3, 0.4) is 0 Å². The van der Waals surface area contributed by atoms with Crippen molar-refractivity contribution in [3.05, 3.63) is 45.5 Å². The lowest BCUT2D eigenvalue weighted by atomic mass is 9.77. The van der Waals surface area contributed by atoms with Crippen molar-refractivity contribution < 1.29 is 24.1 Å². The molecule has 2 saturated heterocycles. The highest BCUT2D eigenvalue weighted by Crippen LogP contribution is 2.42. The lowest BCUT2D eigenvalue weighted by molar-refractivity contribution is -0.490. The number of piperidine rings is 1. The SMILES string of the molecule is CC(=O)c1ccc(C(=O)N2CCC3(CCN(C(=O)C[C@H]4C(=O)C[C@@H](C)[C@@H]4C[N+](=O)[O-])C3)CC2)cc1. The molecule has 1 aromatic rings. The molecule has 4 rings (SSSR count). The Balaban J connectivity index is 1.32. The molecular formula is C26H33N3O6. The molecule has 0 N–H and O–H groups in total. The molecule has 0 bridgehead atoms. The van der Waals surface area contributed by atoms with Crippen LogP contribution in [0.1, 0.15) is 66.7 Å². The summed E-state index contributed by atoms with van der Waals surface area (Å²) in [5.41, 5.74) is 1.11. The van der Waals surface area contributed by atoms with Crippen LogP contribution >= 0.6 is 0 Å². The van der Waals surface area contributed by atoms with Crippen molar-refractivity contribution in [1.29, 1.82) is 0 Å². The third kappa shape index (κ3) is 5.28. The zero-order chi connectivity index (χ0) is 25.3. The van der Waals surface area contributed by atoms with Gasteiger partial charge in [-0.05, 0) is 49.7 Å². The van der Waals surface area contributed by atoms with E-state index in [1.807, 2.05) is 16.7 Å². The standard InChI is InChI=1S/C26H33N3O6/c1-17-13-23(31)21(22(17)15-29(34)35)14-24(32)28-12-9-26(16-28)7-10-27(11-8-26)25(33)20-5-3-19(4-6-20)18(2)30/h3-6,17,21-22H,7-16H2,1-2H3/t17-,21-,22+/m1/s1. The Morgan fingerprint density at radius 1 is 1.03 bits per heavy atom. The molecule has 2 heterocycles. The molecule has 188 valence electrons. The molecule has 3 aliphatic rings. The molecule has 1 aliphatic carbocycles. The van der Waals surface area contributed by atoms with Gasteiger partial charge in [-0.1, -0.05) is 19.1 Å². The molecule has 1 aromatic carbocycles. The Bertz CT molecular complexity index is 1030. The Labute approximate surface area is 205 Å². The number of rotatable bonds is 6. The van der Waals surface area contributed by atoms with E-state index < -0.39 is 5.92 Å². The molecule has 2 amide bonds. The van der Waals surface area contributed by atoms with Gasteiger partial charge in [-0.2, -0.15) is 0 Å². The molecule has 0 unspecified atom stereocenters. The number of amides is 2. The lowest BCUT2D eigenvalue weighted by Crippen LogP contribution is -2.45. The third-order valence-corrected chi connectivity index (χ3v) is 8.38. The first kappa shape index (κ1) is 25.0. The zero-order valence-electron chi connectivity index (χ0n) is 20.4. The summed E-state index contributed by atoms with van der Waals surface area (Å²) in [6.07, 6.45) is 2.83. The van der Waals surface area contributed by atoms with Gasteiger partial charge in [0.25, 0.3) is 5.91 Å². The number of likely N-dealkylation sites (tertiary alicyclic amines) is 2. The van der Waals surface area contributed by atoms with E-state index in [0.29, 0.717) is 43.7 Å². The van der Waals surface area contributed by atoms with Gasteiger partial charge in [0.15, 0.2) is 5.78 Å². The fourth-order valence-electron chi connectivity index (χ4n) is 6.09. The predicted molar refractivity (Wildman–Crippen MR) is 127 cm³/mol. The molecule has 1 spiro atoms. The minimum atomic E-state index is -0.562. The monoisotopic (exact) mass is 483 g/mol. The Morgan fingerprint density at radius 3 is 2.17 bits per heavy atom. The number of ketones is 2. The summed E-state index contributed by atoms with van der Waals surface area (Å²) in [6, 6.07) is 6.73. The average Bonchev–Trinajstić information content (AvgIpc) is 3.35. The normalized spacial score (nSPS) is 25.8. The van der Waals surface area contributed by atoms with Gasteiger partial charge in [0.1, 0.15) is 5.78 Å². The molecule has 2 aliphatic heterocycles. The Morgan fingerprint density at radius 2 is 1.60 bits per heavy atom. The second-order valence-corrected chi connectivity index (χ2v) is 10.6. The van der Waals surface area contributed by atoms with Crippen LogP contribution in [-0.2, 0) is 9.59 Å². The molecule has 3 fully saturated rings. The van der Waals surface area contributed by atoms with E-state index in [4.69, 9.17) is 0 Å². The summed E-state index contributed by atoms with van der Waals surface area (Å²) in [7, 11) is 0. The van der Waals surface area contributed by atoms with E-state index in [1.165, 1.54) is 6.92 Å².